The molecule has 1 amide bonds. The van der Waals surface area contributed by atoms with Crippen molar-refractivity contribution in [2.75, 3.05) is 19.0 Å². The third kappa shape index (κ3) is 3.03. The summed E-state index contributed by atoms with van der Waals surface area (Å²) in [6, 6.07) is 13.5. The average molecular weight is 360 g/mol. The number of hydrogen-bond acceptors (Lipinski definition) is 3. The molecule has 0 atom stereocenters. The lowest BCUT2D eigenvalue weighted by molar-refractivity contribution is -0.119. The Hall–Kier alpha value is -2.18. The third-order valence-corrected chi connectivity index (χ3v) is 3.71. The zero-order chi connectivity index (χ0) is 15.5. The van der Waals surface area contributed by atoms with Gasteiger partial charge in [-0.2, -0.15) is 0 Å². The number of halogens is 1. The molecule has 0 unspecified atom stereocenters. The predicted molar refractivity (Wildman–Crippen MR) is 89.3 cm³/mol. The third-order valence-electron chi connectivity index (χ3n) is 3.21. The fourth-order valence-corrected chi connectivity index (χ4v) is 2.57. The SMILES string of the molecule is COCC(=O)Nc1ccc(-n2cnc3ccc(Br)cc32)cc1. The van der Waals surface area contributed by atoms with Gasteiger partial charge in [0.15, 0.2) is 0 Å². The number of fused-ring (bicyclic) bond motifs is 1. The lowest BCUT2D eigenvalue weighted by Crippen LogP contribution is -2.16. The van der Waals surface area contributed by atoms with Crippen LogP contribution in [0, 0.1) is 0 Å². The Kier molecular flexibility index (Phi) is 4.22. The van der Waals surface area contributed by atoms with Gasteiger partial charge in [0.1, 0.15) is 12.9 Å². The van der Waals surface area contributed by atoms with Crippen LogP contribution in [0.3, 0.4) is 0 Å². The van der Waals surface area contributed by atoms with Gasteiger partial charge < -0.3 is 10.1 Å². The summed E-state index contributed by atoms with van der Waals surface area (Å²) in [7, 11) is 1.49. The molecule has 0 aliphatic rings. The van der Waals surface area contributed by atoms with Crippen LogP contribution in [0.2, 0.25) is 0 Å². The van der Waals surface area contributed by atoms with Crippen molar-refractivity contribution in [2.45, 2.75) is 0 Å². The van der Waals surface area contributed by atoms with Gasteiger partial charge in [0.2, 0.25) is 5.91 Å². The Morgan fingerprint density at radius 3 is 2.77 bits per heavy atom. The summed E-state index contributed by atoms with van der Waals surface area (Å²) in [5, 5.41) is 2.77. The summed E-state index contributed by atoms with van der Waals surface area (Å²) in [5.74, 6) is -0.174. The summed E-state index contributed by atoms with van der Waals surface area (Å²) in [6.45, 7) is 0.0436. The summed E-state index contributed by atoms with van der Waals surface area (Å²) >= 11 is 3.48. The maximum Gasteiger partial charge on any atom is 0.250 e. The molecule has 2 aromatic carbocycles. The molecular weight excluding hydrogens is 346 g/mol. The number of hydrogen-bond donors (Lipinski definition) is 1. The van der Waals surface area contributed by atoms with E-state index in [1.807, 2.05) is 47.0 Å². The molecule has 5 nitrogen and oxygen atoms in total. The largest absolute Gasteiger partial charge is 0.375 e. The van der Waals surface area contributed by atoms with E-state index in [1.54, 1.807) is 6.33 Å². The van der Waals surface area contributed by atoms with Crippen LogP contribution in [0.15, 0.2) is 53.3 Å². The molecule has 0 fully saturated rings. The molecular formula is C16H14BrN3O2. The van der Waals surface area contributed by atoms with Gasteiger partial charge in [-0.15, -0.1) is 0 Å². The van der Waals surface area contributed by atoms with Crippen LogP contribution in [-0.4, -0.2) is 29.2 Å². The molecule has 0 saturated heterocycles. The Balaban J connectivity index is 1.88. The highest BCUT2D eigenvalue weighted by Gasteiger charge is 2.06. The van der Waals surface area contributed by atoms with E-state index in [0.717, 1.165) is 26.9 Å². The van der Waals surface area contributed by atoms with Crippen LogP contribution >= 0.6 is 15.9 Å². The molecule has 3 aromatic rings. The first-order valence-corrected chi connectivity index (χ1v) is 7.48. The van der Waals surface area contributed by atoms with Crippen LogP contribution in [0.25, 0.3) is 16.7 Å². The topological polar surface area (TPSA) is 56.1 Å². The number of nitrogens with one attached hydrogen (secondary N) is 1. The molecule has 0 aliphatic carbocycles. The highest BCUT2D eigenvalue weighted by Crippen LogP contribution is 2.23. The number of methoxy groups -OCH3 is 1. The molecule has 22 heavy (non-hydrogen) atoms. The predicted octanol–water partition coefficient (Wildman–Crippen LogP) is 3.37. The molecule has 1 heterocycles. The van der Waals surface area contributed by atoms with Gasteiger partial charge in [0.25, 0.3) is 0 Å². The molecule has 3 rings (SSSR count). The van der Waals surface area contributed by atoms with Crippen molar-refractivity contribution >= 4 is 38.6 Å². The van der Waals surface area contributed by atoms with Crippen molar-refractivity contribution in [1.82, 2.24) is 9.55 Å². The zero-order valence-electron chi connectivity index (χ0n) is 11.9. The van der Waals surface area contributed by atoms with Crippen LogP contribution in [-0.2, 0) is 9.53 Å². The van der Waals surface area contributed by atoms with Crippen molar-refractivity contribution in [3.05, 3.63) is 53.3 Å². The average Bonchev–Trinajstić information content (AvgIpc) is 2.91. The molecule has 1 N–H and O–H groups in total. The van der Waals surface area contributed by atoms with E-state index in [0.29, 0.717) is 0 Å². The minimum absolute atomic E-state index is 0.0436. The Labute approximate surface area is 136 Å². The Bertz CT molecular complexity index is 812. The lowest BCUT2D eigenvalue weighted by atomic mass is 10.2. The summed E-state index contributed by atoms with van der Waals surface area (Å²) in [6.07, 6.45) is 1.79. The second kappa shape index (κ2) is 6.29. The fourth-order valence-electron chi connectivity index (χ4n) is 2.22. The molecule has 0 aliphatic heterocycles. The first-order valence-electron chi connectivity index (χ1n) is 6.69. The number of amides is 1. The quantitative estimate of drug-likeness (QED) is 0.776. The van der Waals surface area contributed by atoms with E-state index in [2.05, 4.69) is 26.2 Å². The maximum absolute atomic E-state index is 11.5. The van der Waals surface area contributed by atoms with E-state index in [4.69, 9.17) is 4.74 Å². The number of aromatic nitrogens is 2. The van der Waals surface area contributed by atoms with E-state index < -0.39 is 0 Å². The van der Waals surface area contributed by atoms with Crippen LogP contribution < -0.4 is 5.32 Å². The highest BCUT2D eigenvalue weighted by molar-refractivity contribution is 9.10. The Morgan fingerprint density at radius 2 is 2.05 bits per heavy atom. The fraction of sp³-hybridized carbons (Fsp3) is 0.125. The van der Waals surface area contributed by atoms with Crippen molar-refractivity contribution in [3.63, 3.8) is 0 Å². The van der Waals surface area contributed by atoms with Gasteiger partial charge in [-0.25, -0.2) is 4.98 Å². The minimum Gasteiger partial charge on any atom is -0.375 e. The lowest BCUT2D eigenvalue weighted by Gasteiger charge is -2.08. The summed E-state index contributed by atoms with van der Waals surface area (Å²) in [4.78, 5) is 15.9. The van der Waals surface area contributed by atoms with Crippen molar-refractivity contribution < 1.29 is 9.53 Å². The molecule has 112 valence electrons. The Morgan fingerprint density at radius 1 is 1.27 bits per heavy atom. The number of benzene rings is 2. The van der Waals surface area contributed by atoms with Gasteiger partial charge in [-0.05, 0) is 42.5 Å². The van der Waals surface area contributed by atoms with Crippen molar-refractivity contribution in [2.24, 2.45) is 0 Å². The first-order chi connectivity index (χ1) is 10.7. The normalized spacial score (nSPS) is 10.8. The molecule has 0 bridgehead atoms. The van der Waals surface area contributed by atoms with Crippen molar-refractivity contribution in [3.8, 4) is 5.69 Å². The van der Waals surface area contributed by atoms with Gasteiger partial charge >= 0.3 is 0 Å². The van der Waals surface area contributed by atoms with Crippen molar-refractivity contribution in [1.29, 1.82) is 0 Å². The summed E-state index contributed by atoms with van der Waals surface area (Å²) in [5.41, 5.74) is 3.66. The number of ether oxygens (including phenoxy) is 1. The first kappa shape index (κ1) is 14.7. The molecule has 1 aromatic heterocycles. The number of carbonyl (C=O) groups is 1. The molecule has 0 radical (unpaired) electrons. The van der Waals surface area contributed by atoms with E-state index in [-0.39, 0.29) is 12.5 Å². The van der Waals surface area contributed by atoms with Gasteiger partial charge in [0, 0.05) is 23.0 Å². The molecule has 0 spiro atoms. The molecule has 6 heteroatoms. The van der Waals surface area contributed by atoms with Crippen LogP contribution in [0.4, 0.5) is 5.69 Å². The molecule has 0 saturated carbocycles. The number of anilines is 1. The standard InChI is InChI=1S/C16H14BrN3O2/c1-22-9-16(21)19-12-3-5-13(6-4-12)20-10-18-14-7-2-11(17)8-15(14)20/h2-8,10H,9H2,1H3,(H,19,21). The number of rotatable bonds is 4. The minimum atomic E-state index is -0.174. The van der Waals surface area contributed by atoms with Crippen LogP contribution in [0.5, 0.6) is 0 Å². The smallest absolute Gasteiger partial charge is 0.250 e. The number of nitrogens with zero attached hydrogens (tertiary/aromatic N) is 2. The van der Waals surface area contributed by atoms with Gasteiger partial charge in [-0.1, -0.05) is 15.9 Å². The highest BCUT2D eigenvalue weighted by atomic mass is 79.9. The number of carbonyl (C=O) groups excluding carboxylic acids is 1. The second-order valence-electron chi connectivity index (χ2n) is 4.78. The summed E-state index contributed by atoms with van der Waals surface area (Å²) < 4.78 is 7.79. The zero-order valence-corrected chi connectivity index (χ0v) is 13.5. The van der Waals surface area contributed by atoms with Crippen LogP contribution in [0.1, 0.15) is 0 Å². The number of imidazole rings is 1. The monoisotopic (exact) mass is 359 g/mol. The van der Waals surface area contributed by atoms with Gasteiger partial charge in [0.05, 0.1) is 11.0 Å². The van der Waals surface area contributed by atoms with E-state index in [9.17, 15) is 4.79 Å². The van der Waals surface area contributed by atoms with Gasteiger partial charge in [-0.3, -0.25) is 9.36 Å². The van der Waals surface area contributed by atoms with E-state index >= 15 is 0 Å². The van der Waals surface area contributed by atoms with E-state index in [1.165, 1.54) is 7.11 Å². The maximum atomic E-state index is 11.5. The second-order valence-corrected chi connectivity index (χ2v) is 5.69.